The van der Waals surface area contributed by atoms with Gasteiger partial charge in [-0.1, -0.05) is 119 Å². The van der Waals surface area contributed by atoms with Gasteiger partial charge in [-0.05, 0) is 48.7 Å². The fourth-order valence-corrected chi connectivity index (χ4v) is 5.72. The zero-order valence-electron chi connectivity index (χ0n) is 29.0. The third-order valence-electron chi connectivity index (χ3n) is 8.64. The van der Waals surface area contributed by atoms with Crippen molar-refractivity contribution >= 4 is 11.9 Å². The van der Waals surface area contributed by atoms with Gasteiger partial charge in [-0.2, -0.15) is 0 Å². The summed E-state index contributed by atoms with van der Waals surface area (Å²) in [6, 6.07) is 15.4. The number of hydrogen-bond acceptors (Lipinski definition) is 10. The molecule has 12 nitrogen and oxygen atoms in total. The summed E-state index contributed by atoms with van der Waals surface area (Å²) in [5.74, 6) is -1.42. The molecule has 12 heteroatoms. The second kappa shape index (κ2) is 23.6. The number of hydrogen-bond donors (Lipinski definition) is 3. The zero-order chi connectivity index (χ0) is 36.0. The van der Waals surface area contributed by atoms with Crippen LogP contribution < -0.4 is 0 Å². The van der Waals surface area contributed by atoms with Gasteiger partial charge in [0.15, 0.2) is 12.4 Å². The molecule has 0 saturated carbocycles. The van der Waals surface area contributed by atoms with Crippen molar-refractivity contribution in [2.75, 3.05) is 13.2 Å². The molecule has 0 radical (unpaired) electrons. The lowest BCUT2D eigenvalue weighted by Crippen LogP contribution is -2.60. The molecule has 3 N–H and O–H groups in total. The molecule has 2 aromatic rings. The summed E-state index contributed by atoms with van der Waals surface area (Å²) < 4.78 is 22.6. The van der Waals surface area contributed by atoms with Crippen molar-refractivity contribution in [3.05, 3.63) is 94.4 Å². The molecule has 0 amide bonds. The van der Waals surface area contributed by atoms with E-state index in [0.717, 1.165) is 25.7 Å². The third kappa shape index (κ3) is 13.9. The lowest BCUT2D eigenvalue weighted by molar-refractivity contribution is -0.301. The lowest BCUT2D eigenvalue weighted by atomic mass is 9.98. The Bertz CT molecular complexity index is 1320. The summed E-state index contributed by atoms with van der Waals surface area (Å²) in [5.41, 5.74) is 9.92. The molecule has 50 heavy (non-hydrogen) atoms. The Labute approximate surface area is 295 Å². The Morgan fingerprint density at radius 1 is 0.860 bits per heavy atom. The van der Waals surface area contributed by atoms with Gasteiger partial charge in [0.05, 0.1) is 24.3 Å². The SMILES string of the molecule is CCCCCCCCCCCCCC=C[C@@H](OC(=O)c1ccccc1)[C@H](CO[C@H]1O[C@H](CO)[C@@H](O)[C@H](OC(=O)c2ccccc2)[C@@H]1O)N=[N+]=[N-]. The summed E-state index contributed by atoms with van der Waals surface area (Å²) in [6.07, 6.45) is 9.22. The van der Waals surface area contributed by atoms with E-state index in [1.807, 2.05) is 6.08 Å². The number of rotatable bonds is 23. The predicted octanol–water partition coefficient (Wildman–Crippen LogP) is 6.83. The van der Waals surface area contributed by atoms with Gasteiger partial charge in [0, 0.05) is 4.91 Å². The Balaban J connectivity index is 1.62. The van der Waals surface area contributed by atoms with Crippen molar-refractivity contribution in [3.63, 3.8) is 0 Å². The first-order chi connectivity index (χ1) is 24.4. The summed E-state index contributed by atoms with van der Waals surface area (Å²) >= 11 is 0. The van der Waals surface area contributed by atoms with E-state index >= 15 is 0 Å². The maximum Gasteiger partial charge on any atom is 0.338 e. The Kier molecular flexibility index (Phi) is 19.2. The molecular formula is C38H53N3O9. The smallest absolute Gasteiger partial charge is 0.338 e. The highest BCUT2D eigenvalue weighted by Gasteiger charge is 2.47. The highest BCUT2D eigenvalue weighted by Crippen LogP contribution is 2.26. The van der Waals surface area contributed by atoms with E-state index in [1.165, 1.54) is 63.5 Å². The number of azide groups is 1. The minimum absolute atomic E-state index is 0.197. The number of ether oxygens (including phenoxy) is 4. The van der Waals surface area contributed by atoms with Crippen molar-refractivity contribution in [3.8, 4) is 0 Å². The van der Waals surface area contributed by atoms with E-state index in [2.05, 4.69) is 16.9 Å². The largest absolute Gasteiger partial charge is 0.454 e. The van der Waals surface area contributed by atoms with Gasteiger partial charge >= 0.3 is 11.9 Å². The lowest BCUT2D eigenvalue weighted by Gasteiger charge is -2.41. The molecule has 1 aliphatic rings. The van der Waals surface area contributed by atoms with Crippen molar-refractivity contribution < 1.29 is 43.9 Å². The molecule has 1 heterocycles. The molecular weight excluding hydrogens is 642 g/mol. The molecule has 0 bridgehead atoms. The van der Waals surface area contributed by atoms with Gasteiger partial charge in [-0.3, -0.25) is 0 Å². The molecule has 0 aliphatic carbocycles. The van der Waals surface area contributed by atoms with E-state index in [-0.39, 0.29) is 12.2 Å². The molecule has 3 rings (SSSR count). The van der Waals surface area contributed by atoms with Crippen LogP contribution in [0.1, 0.15) is 105 Å². The van der Waals surface area contributed by atoms with E-state index < -0.39 is 61.4 Å². The first-order valence-corrected chi connectivity index (χ1v) is 17.9. The Hall–Kier alpha value is -3.77. The Morgan fingerprint density at radius 3 is 1.98 bits per heavy atom. The highest BCUT2D eigenvalue weighted by molar-refractivity contribution is 5.90. The number of carbonyl (C=O) groups is 2. The van der Waals surface area contributed by atoms with Crippen LogP contribution in [0.4, 0.5) is 0 Å². The Morgan fingerprint density at radius 2 is 1.42 bits per heavy atom. The summed E-state index contributed by atoms with van der Waals surface area (Å²) in [7, 11) is 0. The minimum atomic E-state index is -1.67. The maximum atomic E-state index is 13.0. The average Bonchev–Trinajstić information content (AvgIpc) is 3.14. The van der Waals surface area contributed by atoms with Gasteiger partial charge in [0.25, 0.3) is 0 Å². The molecule has 0 unspecified atom stereocenters. The zero-order valence-corrected chi connectivity index (χ0v) is 29.0. The van der Waals surface area contributed by atoms with Crippen molar-refractivity contribution in [2.45, 2.75) is 127 Å². The molecule has 1 saturated heterocycles. The second-order valence-corrected chi connectivity index (χ2v) is 12.5. The number of nitrogens with zero attached hydrogens (tertiary/aromatic N) is 3. The molecule has 7 atom stereocenters. The normalized spacial score (nSPS) is 21.6. The molecule has 0 spiro atoms. The van der Waals surface area contributed by atoms with Crippen LogP contribution >= 0.6 is 0 Å². The fraction of sp³-hybridized carbons (Fsp3) is 0.579. The summed E-state index contributed by atoms with van der Waals surface area (Å²) in [4.78, 5) is 28.7. The van der Waals surface area contributed by atoms with E-state index in [0.29, 0.717) is 5.56 Å². The number of allylic oxidation sites excluding steroid dienone is 1. The third-order valence-corrected chi connectivity index (χ3v) is 8.64. The van der Waals surface area contributed by atoms with Gasteiger partial charge in [0.2, 0.25) is 0 Å². The summed E-state index contributed by atoms with van der Waals surface area (Å²) in [5, 5.41) is 35.4. The number of aliphatic hydroxyl groups is 3. The average molecular weight is 696 g/mol. The first kappa shape index (κ1) is 40.7. The number of unbranched alkanes of at least 4 members (excludes halogenated alkanes) is 11. The van der Waals surface area contributed by atoms with Crippen LogP contribution in [0.5, 0.6) is 0 Å². The van der Waals surface area contributed by atoms with Crippen molar-refractivity contribution in [1.82, 2.24) is 0 Å². The number of esters is 2. The van der Waals surface area contributed by atoms with Crippen LogP contribution in [-0.4, -0.2) is 83.3 Å². The predicted molar refractivity (Wildman–Crippen MR) is 188 cm³/mol. The van der Waals surface area contributed by atoms with Crippen LogP contribution in [-0.2, 0) is 18.9 Å². The highest BCUT2D eigenvalue weighted by atomic mass is 16.7. The molecule has 1 fully saturated rings. The number of carbonyl (C=O) groups excluding carboxylic acids is 2. The van der Waals surface area contributed by atoms with Crippen LogP contribution in [0.3, 0.4) is 0 Å². The van der Waals surface area contributed by atoms with Crippen LogP contribution in [0.25, 0.3) is 10.4 Å². The van der Waals surface area contributed by atoms with E-state index in [4.69, 9.17) is 18.9 Å². The summed E-state index contributed by atoms with van der Waals surface area (Å²) in [6.45, 7) is 1.19. The first-order valence-electron chi connectivity index (χ1n) is 17.9. The fourth-order valence-electron chi connectivity index (χ4n) is 5.72. The quantitative estimate of drug-likeness (QED) is 0.0280. The molecule has 0 aromatic heterocycles. The van der Waals surface area contributed by atoms with Crippen molar-refractivity contribution in [2.24, 2.45) is 5.11 Å². The molecule has 2 aromatic carbocycles. The van der Waals surface area contributed by atoms with E-state index in [9.17, 15) is 30.4 Å². The van der Waals surface area contributed by atoms with Gasteiger partial charge in [-0.25, -0.2) is 9.59 Å². The number of benzene rings is 2. The monoisotopic (exact) mass is 695 g/mol. The van der Waals surface area contributed by atoms with Crippen molar-refractivity contribution in [1.29, 1.82) is 0 Å². The maximum absolute atomic E-state index is 13.0. The van der Waals surface area contributed by atoms with Crippen LogP contribution in [0.15, 0.2) is 77.9 Å². The second-order valence-electron chi connectivity index (χ2n) is 12.5. The van der Waals surface area contributed by atoms with E-state index in [1.54, 1.807) is 54.6 Å². The van der Waals surface area contributed by atoms with Gasteiger partial charge in [-0.15, -0.1) is 0 Å². The minimum Gasteiger partial charge on any atom is -0.454 e. The van der Waals surface area contributed by atoms with Gasteiger partial charge in [0.1, 0.15) is 30.5 Å². The standard InChI is InChI=1S/C38H53N3O9/c1-2-3-4-5-6-7-8-9-10-11-12-13-20-25-31(48-36(45)28-21-16-14-17-22-28)30(40-41-39)27-47-38-34(44)35(33(43)32(26-42)49-38)50-37(46)29-23-18-15-19-24-29/h14-25,30-35,38,42-44H,2-13,26-27H2,1H3/t30-,31+,32+,33+,34-,35-,38-/m0/s1. The van der Waals surface area contributed by atoms with Gasteiger partial charge < -0.3 is 34.3 Å². The molecule has 1 aliphatic heterocycles. The molecule has 274 valence electrons. The van der Waals surface area contributed by atoms with Crippen LogP contribution in [0, 0.1) is 0 Å². The van der Waals surface area contributed by atoms with Crippen LogP contribution in [0.2, 0.25) is 0 Å². The topological polar surface area (TPSA) is 181 Å². The number of aliphatic hydroxyl groups excluding tert-OH is 3.